The number of benzene rings is 1. The first-order chi connectivity index (χ1) is 9.87. The Morgan fingerprint density at radius 2 is 2.14 bits per heavy atom. The Morgan fingerprint density at radius 1 is 1.38 bits per heavy atom. The number of nitrogens with zero attached hydrogens (tertiary/aromatic N) is 2. The molecule has 21 heavy (non-hydrogen) atoms. The summed E-state index contributed by atoms with van der Waals surface area (Å²) in [5, 5.41) is 9.34. The zero-order chi connectivity index (χ0) is 15.5. The highest BCUT2D eigenvalue weighted by Crippen LogP contribution is 2.22. The third-order valence-electron chi connectivity index (χ3n) is 2.35. The van der Waals surface area contributed by atoms with Gasteiger partial charge in [0.25, 0.3) is 0 Å². The Morgan fingerprint density at radius 3 is 2.81 bits per heavy atom. The summed E-state index contributed by atoms with van der Waals surface area (Å²) in [6.45, 7) is 0. The first kappa shape index (κ1) is 14.8. The van der Waals surface area contributed by atoms with Crippen LogP contribution in [0.25, 0.3) is 0 Å². The molecule has 1 heterocycles. The molecule has 0 fully saturated rings. The Hall–Kier alpha value is -2.58. The van der Waals surface area contributed by atoms with Crippen LogP contribution in [0.4, 0.5) is 24.9 Å². The highest BCUT2D eigenvalue weighted by atomic mass is 19.4. The normalized spacial score (nSPS) is 11.2. The molecule has 0 aliphatic rings. The van der Waals surface area contributed by atoms with Crippen LogP contribution in [-0.2, 0) is 11.2 Å². The van der Waals surface area contributed by atoms with E-state index in [2.05, 4.69) is 20.3 Å². The van der Waals surface area contributed by atoms with Gasteiger partial charge in [-0.05, 0) is 18.2 Å². The molecule has 0 radical (unpaired) electrons. The van der Waals surface area contributed by atoms with E-state index in [1.54, 1.807) is 12.1 Å². The molecule has 6 nitrogen and oxygen atoms in total. The number of anilines is 2. The fourth-order valence-corrected chi connectivity index (χ4v) is 1.51. The molecule has 0 amide bonds. The number of esters is 1. The zero-order valence-electron chi connectivity index (χ0n) is 10.8. The second-order valence-corrected chi connectivity index (χ2v) is 3.99. The molecule has 0 aliphatic heterocycles. The van der Waals surface area contributed by atoms with E-state index in [4.69, 9.17) is 4.42 Å². The maximum absolute atomic E-state index is 12.2. The molecule has 2 rings (SSSR count). The van der Waals surface area contributed by atoms with Crippen molar-refractivity contribution < 1.29 is 27.1 Å². The molecule has 1 aromatic carbocycles. The van der Waals surface area contributed by atoms with E-state index in [1.165, 1.54) is 19.2 Å². The molecule has 112 valence electrons. The molecular formula is C12H10F3N3O3. The molecule has 0 aliphatic carbocycles. The van der Waals surface area contributed by atoms with Crippen LogP contribution in [0.1, 0.15) is 16.2 Å². The summed E-state index contributed by atoms with van der Waals surface area (Å²) in [6.07, 6.45) is -5.72. The molecule has 0 bridgehead atoms. The minimum absolute atomic E-state index is 0.198. The third-order valence-corrected chi connectivity index (χ3v) is 2.35. The van der Waals surface area contributed by atoms with Crippen molar-refractivity contribution in [3.63, 3.8) is 0 Å². The summed E-state index contributed by atoms with van der Waals surface area (Å²) in [6, 6.07) is 5.93. The number of nitrogens with one attached hydrogen (secondary N) is 1. The number of methoxy groups -OCH3 is 1. The van der Waals surface area contributed by atoms with Crippen LogP contribution in [-0.4, -0.2) is 29.5 Å². The monoisotopic (exact) mass is 301 g/mol. The van der Waals surface area contributed by atoms with Gasteiger partial charge in [0.15, 0.2) is 0 Å². The predicted molar refractivity (Wildman–Crippen MR) is 65.1 cm³/mol. The number of hydrogen-bond acceptors (Lipinski definition) is 6. The molecule has 0 spiro atoms. The quantitative estimate of drug-likeness (QED) is 0.875. The maximum atomic E-state index is 12.2. The lowest BCUT2D eigenvalue weighted by atomic mass is 10.2. The second-order valence-electron chi connectivity index (χ2n) is 3.99. The fourth-order valence-electron chi connectivity index (χ4n) is 1.51. The zero-order valence-corrected chi connectivity index (χ0v) is 10.8. The van der Waals surface area contributed by atoms with Crippen molar-refractivity contribution in [1.82, 2.24) is 10.2 Å². The van der Waals surface area contributed by atoms with Gasteiger partial charge in [0.2, 0.25) is 5.89 Å². The van der Waals surface area contributed by atoms with E-state index in [1.807, 2.05) is 0 Å². The molecule has 0 saturated heterocycles. The Bertz CT molecular complexity index is 640. The van der Waals surface area contributed by atoms with Gasteiger partial charge < -0.3 is 14.5 Å². The number of halogens is 3. The van der Waals surface area contributed by atoms with E-state index in [9.17, 15) is 18.0 Å². The van der Waals surface area contributed by atoms with Crippen molar-refractivity contribution >= 4 is 17.7 Å². The average Bonchev–Trinajstić information content (AvgIpc) is 2.83. The SMILES string of the molecule is COC(=O)c1cccc(Nc2nnc(CC(F)(F)F)o2)c1. The summed E-state index contributed by atoms with van der Waals surface area (Å²) in [7, 11) is 1.24. The van der Waals surface area contributed by atoms with E-state index >= 15 is 0 Å². The minimum atomic E-state index is -4.42. The van der Waals surface area contributed by atoms with E-state index < -0.39 is 24.5 Å². The van der Waals surface area contributed by atoms with Crippen LogP contribution < -0.4 is 5.32 Å². The van der Waals surface area contributed by atoms with Crippen LogP contribution in [0.3, 0.4) is 0 Å². The molecule has 0 saturated carbocycles. The molecule has 9 heteroatoms. The highest BCUT2D eigenvalue weighted by Gasteiger charge is 2.31. The Labute approximate surface area is 116 Å². The van der Waals surface area contributed by atoms with Crippen LogP contribution in [0.2, 0.25) is 0 Å². The third kappa shape index (κ3) is 4.20. The molecule has 2 aromatic rings. The average molecular weight is 301 g/mol. The topological polar surface area (TPSA) is 77.2 Å². The lowest BCUT2D eigenvalue weighted by molar-refractivity contribution is -0.130. The highest BCUT2D eigenvalue weighted by molar-refractivity contribution is 5.90. The molecule has 1 aromatic heterocycles. The Balaban J connectivity index is 2.10. The van der Waals surface area contributed by atoms with Crippen molar-refractivity contribution in [2.45, 2.75) is 12.6 Å². The smallest absolute Gasteiger partial charge is 0.397 e. The first-order valence-electron chi connectivity index (χ1n) is 5.72. The minimum Gasteiger partial charge on any atom is -0.465 e. The predicted octanol–water partition coefficient (Wildman–Crippen LogP) is 2.70. The van der Waals surface area contributed by atoms with E-state index in [-0.39, 0.29) is 11.6 Å². The van der Waals surface area contributed by atoms with Crippen LogP contribution >= 0.6 is 0 Å². The van der Waals surface area contributed by atoms with Crippen LogP contribution in [0, 0.1) is 0 Å². The number of rotatable bonds is 4. The van der Waals surface area contributed by atoms with Gasteiger partial charge in [-0.15, -0.1) is 5.10 Å². The number of alkyl halides is 3. The fraction of sp³-hybridized carbons (Fsp3) is 0.250. The second kappa shape index (κ2) is 5.81. The van der Waals surface area contributed by atoms with Gasteiger partial charge in [0, 0.05) is 5.69 Å². The number of hydrogen-bond donors (Lipinski definition) is 1. The van der Waals surface area contributed by atoms with E-state index in [0.717, 1.165) is 0 Å². The molecule has 1 N–H and O–H groups in total. The maximum Gasteiger partial charge on any atom is 0.397 e. The van der Waals surface area contributed by atoms with Gasteiger partial charge in [-0.25, -0.2) is 4.79 Å². The van der Waals surface area contributed by atoms with Crippen molar-refractivity contribution in [1.29, 1.82) is 0 Å². The van der Waals surface area contributed by atoms with Crippen molar-refractivity contribution in [3.8, 4) is 0 Å². The van der Waals surface area contributed by atoms with E-state index in [0.29, 0.717) is 5.69 Å². The largest absolute Gasteiger partial charge is 0.465 e. The van der Waals surface area contributed by atoms with Gasteiger partial charge in [-0.2, -0.15) is 13.2 Å². The number of carbonyl (C=O) groups excluding carboxylic acids is 1. The lowest BCUT2D eigenvalue weighted by Gasteiger charge is -2.04. The lowest BCUT2D eigenvalue weighted by Crippen LogP contribution is -2.11. The first-order valence-corrected chi connectivity index (χ1v) is 5.72. The summed E-state index contributed by atoms with van der Waals surface area (Å²) in [5.41, 5.74) is 0.678. The van der Waals surface area contributed by atoms with Crippen molar-refractivity contribution in [2.24, 2.45) is 0 Å². The standard InChI is InChI=1S/C12H10F3N3O3/c1-20-10(19)7-3-2-4-8(5-7)16-11-18-17-9(21-11)6-12(13,14)15/h2-5H,6H2,1H3,(H,16,18). The molecule has 0 atom stereocenters. The summed E-state index contributed by atoms with van der Waals surface area (Å²) in [4.78, 5) is 11.4. The van der Waals surface area contributed by atoms with Crippen molar-refractivity contribution in [3.05, 3.63) is 35.7 Å². The number of ether oxygens (including phenoxy) is 1. The van der Waals surface area contributed by atoms with Crippen LogP contribution in [0.15, 0.2) is 28.7 Å². The summed E-state index contributed by atoms with van der Waals surface area (Å²) in [5.74, 6) is -1.09. The summed E-state index contributed by atoms with van der Waals surface area (Å²) >= 11 is 0. The van der Waals surface area contributed by atoms with Gasteiger partial charge in [0.1, 0.15) is 6.42 Å². The number of carbonyl (C=O) groups is 1. The van der Waals surface area contributed by atoms with Gasteiger partial charge in [-0.1, -0.05) is 11.2 Å². The molecule has 0 unspecified atom stereocenters. The number of aromatic nitrogens is 2. The van der Waals surface area contributed by atoms with Crippen LogP contribution in [0.5, 0.6) is 0 Å². The van der Waals surface area contributed by atoms with Gasteiger partial charge in [-0.3, -0.25) is 0 Å². The van der Waals surface area contributed by atoms with Crippen molar-refractivity contribution in [2.75, 3.05) is 12.4 Å². The summed E-state index contributed by atoms with van der Waals surface area (Å²) < 4.78 is 45.9. The van der Waals surface area contributed by atoms with Gasteiger partial charge >= 0.3 is 18.2 Å². The molecular weight excluding hydrogens is 291 g/mol. The Kier molecular flexibility index (Phi) is 4.10. The van der Waals surface area contributed by atoms with Gasteiger partial charge in [0.05, 0.1) is 12.7 Å².